The predicted octanol–water partition coefficient (Wildman–Crippen LogP) is 3.75. The Hall–Kier alpha value is -0.100. The van der Waals surface area contributed by atoms with Gasteiger partial charge in [-0.3, -0.25) is 0 Å². The second kappa shape index (κ2) is 7.62. The fraction of sp³-hybridized carbons (Fsp3) is 0.571. The molecule has 3 nitrogen and oxygen atoms in total. The van der Waals surface area contributed by atoms with Crippen molar-refractivity contribution in [3.8, 4) is 5.75 Å². The summed E-state index contributed by atoms with van der Waals surface area (Å²) in [6, 6.07) is 6.30. The van der Waals surface area contributed by atoms with Crippen LogP contribution in [-0.2, 0) is 4.74 Å². The van der Waals surface area contributed by atoms with Crippen LogP contribution in [0, 0.1) is 0 Å². The van der Waals surface area contributed by atoms with Crippen molar-refractivity contribution in [2.45, 2.75) is 31.9 Å². The zero-order valence-corrected chi connectivity index (χ0v) is 14.2. The molecule has 0 aromatic heterocycles. The predicted molar refractivity (Wildman–Crippen MR) is 83.8 cm³/mol. The molecule has 1 heterocycles. The van der Waals surface area contributed by atoms with E-state index in [2.05, 4.69) is 44.1 Å². The van der Waals surface area contributed by atoms with E-state index in [9.17, 15) is 0 Å². The van der Waals surface area contributed by atoms with E-state index in [0.717, 1.165) is 34.3 Å². The minimum Gasteiger partial charge on any atom is -0.491 e. The van der Waals surface area contributed by atoms with Gasteiger partial charge >= 0.3 is 0 Å². The average molecular weight is 393 g/mol. The molecule has 1 N–H and O–H groups in total. The molecule has 1 aromatic rings. The summed E-state index contributed by atoms with van der Waals surface area (Å²) >= 11 is 6.91. The van der Waals surface area contributed by atoms with Crippen molar-refractivity contribution in [2.75, 3.05) is 19.8 Å². The van der Waals surface area contributed by atoms with Gasteiger partial charge < -0.3 is 14.8 Å². The van der Waals surface area contributed by atoms with E-state index in [4.69, 9.17) is 9.47 Å². The Labute approximate surface area is 131 Å². The summed E-state index contributed by atoms with van der Waals surface area (Å²) in [6.07, 6.45) is 2.70. The maximum absolute atomic E-state index is 5.73. The summed E-state index contributed by atoms with van der Waals surface area (Å²) in [5.41, 5.74) is 0. The SMILES string of the molecule is CC(NCCOc1ccc(Br)cc1Br)C1CCCO1. The Balaban J connectivity index is 1.68. The molecule has 0 aliphatic carbocycles. The molecule has 2 atom stereocenters. The highest BCUT2D eigenvalue weighted by Gasteiger charge is 2.21. The molecule has 106 valence electrons. The number of rotatable bonds is 6. The Bertz CT molecular complexity index is 408. The summed E-state index contributed by atoms with van der Waals surface area (Å²) in [5, 5.41) is 3.45. The normalized spacial score (nSPS) is 20.5. The van der Waals surface area contributed by atoms with E-state index in [-0.39, 0.29) is 0 Å². The molecule has 0 bridgehead atoms. The van der Waals surface area contributed by atoms with E-state index in [1.807, 2.05) is 18.2 Å². The zero-order chi connectivity index (χ0) is 13.7. The van der Waals surface area contributed by atoms with Gasteiger partial charge in [0.05, 0.1) is 10.6 Å². The van der Waals surface area contributed by atoms with Gasteiger partial charge in [-0.1, -0.05) is 15.9 Å². The van der Waals surface area contributed by atoms with E-state index in [1.165, 1.54) is 6.42 Å². The molecule has 0 saturated carbocycles. The van der Waals surface area contributed by atoms with Gasteiger partial charge in [-0.2, -0.15) is 0 Å². The Morgan fingerprint density at radius 3 is 3.00 bits per heavy atom. The molecule has 5 heteroatoms. The molecule has 1 aliphatic rings. The Kier molecular flexibility index (Phi) is 6.13. The first-order chi connectivity index (χ1) is 9.16. The van der Waals surface area contributed by atoms with Gasteiger partial charge in [0.25, 0.3) is 0 Å². The van der Waals surface area contributed by atoms with Gasteiger partial charge in [0.15, 0.2) is 0 Å². The van der Waals surface area contributed by atoms with Gasteiger partial charge in [0, 0.05) is 23.7 Å². The largest absolute Gasteiger partial charge is 0.491 e. The Morgan fingerprint density at radius 1 is 1.47 bits per heavy atom. The molecule has 1 aromatic carbocycles. The fourth-order valence-electron chi connectivity index (χ4n) is 2.17. The first-order valence-corrected chi connectivity index (χ1v) is 8.18. The lowest BCUT2D eigenvalue weighted by Gasteiger charge is -2.20. The molecule has 1 aliphatic heterocycles. The van der Waals surface area contributed by atoms with E-state index in [0.29, 0.717) is 18.8 Å². The number of ether oxygens (including phenoxy) is 2. The summed E-state index contributed by atoms with van der Waals surface area (Å²) in [7, 11) is 0. The van der Waals surface area contributed by atoms with Crippen molar-refractivity contribution in [1.29, 1.82) is 0 Å². The van der Waals surface area contributed by atoms with E-state index < -0.39 is 0 Å². The fourth-order valence-corrected chi connectivity index (χ4v) is 3.33. The maximum Gasteiger partial charge on any atom is 0.133 e. The summed E-state index contributed by atoms with van der Waals surface area (Å²) in [5.74, 6) is 0.870. The number of halogens is 2. The second-order valence-corrected chi connectivity index (χ2v) is 6.49. The molecular formula is C14H19Br2NO2. The third-order valence-electron chi connectivity index (χ3n) is 3.24. The second-order valence-electron chi connectivity index (χ2n) is 4.72. The highest BCUT2D eigenvalue weighted by Crippen LogP contribution is 2.28. The number of nitrogens with one attached hydrogen (secondary N) is 1. The van der Waals surface area contributed by atoms with Crippen molar-refractivity contribution in [3.05, 3.63) is 27.1 Å². The molecule has 2 rings (SSSR count). The lowest BCUT2D eigenvalue weighted by atomic mass is 10.1. The molecule has 2 unspecified atom stereocenters. The Morgan fingerprint density at radius 2 is 2.32 bits per heavy atom. The van der Waals surface area contributed by atoms with Gasteiger partial charge in [-0.15, -0.1) is 0 Å². The minimum atomic E-state index is 0.361. The summed E-state index contributed by atoms with van der Waals surface area (Å²) in [4.78, 5) is 0. The van der Waals surface area contributed by atoms with Crippen LogP contribution in [0.3, 0.4) is 0 Å². The van der Waals surface area contributed by atoms with E-state index in [1.54, 1.807) is 0 Å². The first kappa shape index (κ1) is 15.3. The van der Waals surface area contributed by atoms with Crippen molar-refractivity contribution >= 4 is 31.9 Å². The van der Waals surface area contributed by atoms with Crippen LogP contribution in [0.5, 0.6) is 5.75 Å². The third kappa shape index (κ3) is 4.74. The standard InChI is InChI=1S/C14H19Br2NO2/c1-10(13-3-2-7-18-13)17-6-8-19-14-5-4-11(15)9-12(14)16/h4-5,9-10,13,17H,2-3,6-8H2,1H3. The molecule has 0 spiro atoms. The van der Waals surface area contributed by atoms with Gasteiger partial charge in [0.1, 0.15) is 12.4 Å². The number of benzene rings is 1. The first-order valence-electron chi connectivity index (χ1n) is 6.59. The van der Waals surface area contributed by atoms with Crippen LogP contribution in [0.25, 0.3) is 0 Å². The molecule has 19 heavy (non-hydrogen) atoms. The smallest absolute Gasteiger partial charge is 0.133 e. The summed E-state index contributed by atoms with van der Waals surface area (Å²) in [6.45, 7) is 4.55. The van der Waals surface area contributed by atoms with E-state index >= 15 is 0 Å². The van der Waals surface area contributed by atoms with Crippen LogP contribution in [0.1, 0.15) is 19.8 Å². The molecule has 0 amide bonds. The zero-order valence-electron chi connectivity index (χ0n) is 11.0. The van der Waals surface area contributed by atoms with Crippen molar-refractivity contribution in [2.24, 2.45) is 0 Å². The number of hydrogen-bond acceptors (Lipinski definition) is 3. The van der Waals surface area contributed by atoms with Gasteiger partial charge in [-0.05, 0) is 53.9 Å². The number of hydrogen-bond donors (Lipinski definition) is 1. The van der Waals surface area contributed by atoms with Crippen molar-refractivity contribution < 1.29 is 9.47 Å². The van der Waals surface area contributed by atoms with Crippen LogP contribution in [0.15, 0.2) is 27.1 Å². The topological polar surface area (TPSA) is 30.5 Å². The molecule has 1 fully saturated rings. The van der Waals surface area contributed by atoms with Crippen LogP contribution < -0.4 is 10.1 Å². The quantitative estimate of drug-likeness (QED) is 0.748. The van der Waals surface area contributed by atoms with Gasteiger partial charge in [-0.25, -0.2) is 0 Å². The highest BCUT2D eigenvalue weighted by molar-refractivity contribution is 9.11. The highest BCUT2D eigenvalue weighted by atomic mass is 79.9. The monoisotopic (exact) mass is 391 g/mol. The maximum atomic E-state index is 5.73. The van der Waals surface area contributed by atoms with Crippen LogP contribution in [-0.4, -0.2) is 31.9 Å². The lowest BCUT2D eigenvalue weighted by Crippen LogP contribution is -2.39. The van der Waals surface area contributed by atoms with Crippen molar-refractivity contribution in [1.82, 2.24) is 5.32 Å². The van der Waals surface area contributed by atoms with Gasteiger partial charge in [0.2, 0.25) is 0 Å². The molecule has 0 radical (unpaired) electrons. The summed E-state index contributed by atoms with van der Waals surface area (Å²) < 4.78 is 13.4. The van der Waals surface area contributed by atoms with Crippen LogP contribution >= 0.6 is 31.9 Å². The minimum absolute atomic E-state index is 0.361. The van der Waals surface area contributed by atoms with Crippen LogP contribution in [0.2, 0.25) is 0 Å². The third-order valence-corrected chi connectivity index (χ3v) is 4.36. The molecular weight excluding hydrogens is 374 g/mol. The van der Waals surface area contributed by atoms with Crippen molar-refractivity contribution in [3.63, 3.8) is 0 Å². The average Bonchev–Trinajstić information content (AvgIpc) is 2.90. The van der Waals surface area contributed by atoms with Crippen LogP contribution in [0.4, 0.5) is 0 Å². The lowest BCUT2D eigenvalue weighted by molar-refractivity contribution is 0.0824. The molecule has 1 saturated heterocycles.